The average Bonchev–Trinajstić information content (AvgIpc) is 3.24. The van der Waals surface area contributed by atoms with Gasteiger partial charge in [-0.1, -0.05) is 19.0 Å². The quantitative estimate of drug-likeness (QED) is 0.322. The number of likely N-dealkylation sites (tertiary alicyclic amines) is 1. The summed E-state index contributed by atoms with van der Waals surface area (Å²) in [4.78, 5) is 7.11. The van der Waals surface area contributed by atoms with Gasteiger partial charge in [-0.3, -0.25) is 4.90 Å². The van der Waals surface area contributed by atoms with E-state index in [1.165, 1.54) is 12.8 Å². The number of guanidine groups is 1. The van der Waals surface area contributed by atoms with Crippen LogP contribution < -0.4 is 10.6 Å². The van der Waals surface area contributed by atoms with Gasteiger partial charge in [0.25, 0.3) is 0 Å². The number of rotatable bonds is 9. The zero-order valence-electron chi connectivity index (χ0n) is 16.5. The molecule has 0 aliphatic carbocycles. The van der Waals surface area contributed by atoms with E-state index in [9.17, 15) is 0 Å². The molecule has 2 N–H and O–H groups in total. The third kappa shape index (κ3) is 7.40. The Balaban J connectivity index is 0.00000338. The lowest BCUT2D eigenvalue weighted by atomic mass is 10.1. The highest BCUT2D eigenvalue weighted by atomic mass is 127. The first-order valence-electron chi connectivity index (χ1n) is 9.34. The lowest BCUT2D eigenvalue weighted by molar-refractivity contribution is 0.141. The summed E-state index contributed by atoms with van der Waals surface area (Å²) in [5, 5.41) is 10.8. The number of ether oxygens (including phenoxy) is 1. The van der Waals surface area contributed by atoms with Crippen molar-refractivity contribution >= 4 is 29.9 Å². The highest BCUT2D eigenvalue weighted by Gasteiger charge is 2.23. The van der Waals surface area contributed by atoms with Gasteiger partial charge in [-0.2, -0.15) is 0 Å². The van der Waals surface area contributed by atoms with Crippen LogP contribution in [0.4, 0.5) is 0 Å². The summed E-state index contributed by atoms with van der Waals surface area (Å²) in [5.74, 6) is 1.99. The van der Waals surface area contributed by atoms with Crippen molar-refractivity contribution in [1.82, 2.24) is 20.7 Å². The fourth-order valence-electron chi connectivity index (χ4n) is 3.02. The van der Waals surface area contributed by atoms with E-state index < -0.39 is 0 Å². The number of nitrogens with zero attached hydrogens (tertiary/aromatic N) is 3. The van der Waals surface area contributed by atoms with Crippen LogP contribution in [-0.2, 0) is 11.3 Å². The SMILES string of the molecule is CCNC(=NCc1cc(C(C)C)no1)NCC1CCCN1CCOC.I. The Hall–Kier alpha value is -0.870. The molecule has 1 aliphatic rings. The first-order valence-corrected chi connectivity index (χ1v) is 9.34. The van der Waals surface area contributed by atoms with Crippen molar-refractivity contribution in [3.05, 3.63) is 17.5 Å². The summed E-state index contributed by atoms with van der Waals surface area (Å²) in [6, 6.07) is 2.53. The molecule has 1 aromatic heterocycles. The minimum Gasteiger partial charge on any atom is -0.383 e. The topological polar surface area (TPSA) is 74.9 Å². The van der Waals surface area contributed by atoms with E-state index in [1.807, 2.05) is 6.07 Å². The van der Waals surface area contributed by atoms with Crippen LogP contribution in [0.3, 0.4) is 0 Å². The molecule has 1 aliphatic heterocycles. The summed E-state index contributed by atoms with van der Waals surface area (Å²) in [7, 11) is 1.76. The molecule has 2 heterocycles. The van der Waals surface area contributed by atoms with Crippen molar-refractivity contribution in [3.8, 4) is 0 Å². The van der Waals surface area contributed by atoms with Crippen molar-refractivity contribution in [1.29, 1.82) is 0 Å². The van der Waals surface area contributed by atoms with E-state index in [2.05, 4.69) is 46.5 Å². The van der Waals surface area contributed by atoms with Gasteiger partial charge in [0.1, 0.15) is 6.54 Å². The zero-order valence-corrected chi connectivity index (χ0v) is 18.8. The molecule has 0 amide bonds. The van der Waals surface area contributed by atoms with Gasteiger partial charge in [0.15, 0.2) is 11.7 Å². The lowest BCUT2D eigenvalue weighted by Crippen LogP contribution is -2.45. The van der Waals surface area contributed by atoms with Gasteiger partial charge in [-0.05, 0) is 32.2 Å². The van der Waals surface area contributed by atoms with Crippen LogP contribution in [0.15, 0.2) is 15.6 Å². The maximum atomic E-state index is 5.36. The Morgan fingerprint density at radius 2 is 2.27 bits per heavy atom. The summed E-state index contributed by atoms with van der Waals surface area (Å²) >= 11 is 0. The second-order valence-corrected chi connectivity index (χ2v) is 6.77. The molecule has 150 valence electrons. The Morgan fingerprint density at radius 3 is 2.92 bits per heavy atom. The first-order chi connectivity index (χ1) is 12.1. The Kier molecular flexibility index (Phi) is 11.1. The van der Waals surface area contributed by atoms with Crippen molar-refractivity contribution in [3.63, 3.8) is 0 Å². The second kappa shape index (κ2) is 12.5. The minimum atomic E-state index is 0. The maximum absolute atomic E-state index is 5.36. The number of hydrogen-bond donors (Lipinski definition) is 2. The average molecular weight is 479 g/mol. The molecule has 8 heteroatoms. The van der Waals surface area contributed by atoms with Crippen LogP contribution in [0.25, 0.3) is 0 Å². The number of aromatic nitrogens is 1. The van der Waals surface area contributed by atoms with E-state index in [0.717, 1.165) is 50.2 Å². The number of nitrogens with one attached hydrogen (secondary N) is 2. The highest BCUT2D eigenvalue weighted by Crippen LogP contribution is 2.16. The summed E-state index contributed by atoms with van der Waals surface area (Å²) in [6.07, 6.45) is 2.47. The number of aliphatic imine (C=N–C) groups is 1. The third-order valence-corrected chi connectivity index (χ3v) is 4.49. The number of hydrogen-bond acceptors (Lipinski definition) is 5. The zero-order chi connectivity index (χ0) is 18.1. The molecule has 1 fully saturated rings. The van der Waals surface area contributed by atoms with E-state index in [0.29, 0.717) is 18.5 Å². The molecule has 2 rings (SSSR count). The smallest absolute Gasteiger partial charge is 0.191 e. The molecular weight excluding hydrogens is 445 g/mol. The molecular formula is C18H34IN5O2. The lowest BCUT2D eigenvalue weighted by Gasteiger charge is -2.25. The standard InChI is InChI=1S/C18H33N5O2.HI/c1-5-19-18(21-13-16-11-17(14(2)3)22-25-16)20-12-15-7-6-8-23(15)9-10-24-4;/h11,14-15H,5-10,12-13H2,1-4H3,(H2,19,20,21);1H. The predicted molar refractivity (Wildman–Crippen MR) is 115 cm³/mol. The summed E-state index contributed by atoms with van der Waals surface area (Å²) < 4.78 is 10.6. The Labute approximate surface area is 174 Å². The number of methoxy groups -OCH3 is 1. The first kappa shape index (κ1) is 23.2. The van der Waals surface area contributed by atoms with Crippen LogP contribution in [0.2, 0.25) is 0 Å². The second-order valence-electron chi connectivity index (χ2n) is 6.77. The van der Waals surface area contributed by atoms with Gasteiger partial charge in [0.2, 0.25) is 0 Å². The molecule has 0 bridgehead atoms. The summed E-state index contributed by atoms with van der Waals surface area (Å²) in [6.45, 7) is 11.4. The van der Waals surface area contributed by atoms with Gasteiger partial charge in [0.05, 0.1) is 12.3 Å². The highest BCUT2D eigenvalue weighted by molar-refractivity contribution is 14.0. The maximum Gasteiger partial charge on any atom is 0.191 e. The molecule has 1 atom stereocenters. The van der Waals surface area contributed by atoms with Crippen LogP contribution >= 0.6 is 24.0 Å². The molecule has 1 unspecified atom stereocenters. The van der Waals surface area contributed by atoms with E-state index in [-0.39, 0.29) is 24.0 Å². The monoisotopic (exact) mass is 479 g/mol. The van der Waals surface area contributed by atoms with Gasteiger partial charge in [-0.15, -0.1) is 24.0 Å². The predicted octanol–water partition coefficient (Wildman–Crippen LogP) is 2.58. The fourth-order valence-corrected chi connectivity index (χ4v) is 3.02. The molecule has 1 aromatic rings. The molecule has 0 spiro atoms. The molecule has 0 radical (unpaired) electrons. The molecule has 0 aromatic carbocycles. The van der Waals surface area contributed by atoms with E-state index >= 15 is 0 Å². The molecule has 1 saturated heterocycles. The minimum absolute atomic E-state index is 0. The van der Waals surface area contributed by atoms with Gasteiger partial charge in [-0.25, -0.2) is 4.99 Å². The van der Waals surface area contributed by atoms with Crippen LogP contribution in [0.1, 0.15) is 51.0 Å². The van der Waals surface area contributed by atoms with Crippen molar-refractivity contribution in [2.24, 2.45) is 4.99 Å². The fraction of sp³-hybridized carbons (Fsp3) is 0.778. The van der Waals surface area contributed by atoms with Crippen molar-refractivity contribution in [2.75, 3.05) is 39.9 Å². The van der Waals surface area contributed by atoms with E-state index in [4.69, 9.17) is 9.26 Å². The largest absolute Gasteiger partial charge is 0.383 e. The van der Waals surface area contributed by atoms with Crippen molar-refractivity contribution < 1.29 is 9.26 Å². The molecule has 0 saturated carbocycles. The van der Waals surface area contributed by atoms with Gasteiger partial charge in [0, 0.05) is 38.9 Å². The van der Waals surface area contributed by atoms with Crippen LogP contribution in [0, 0.1) is 0 Å². The third-order valence-electron chi connectivity index (χ3n) is 4.49. The van der Waals surface area contributed by atoms with Crippen molar-refractivity contribution in [2.45, 2.75) is 52.1 Å². The normalized spacial score (nSPS) is 18.2. The Bertz CT molecular complexity index is 535. The van der Waals surface area contributed by atoms with E-state index in [1.54, 1.807) is 7.11 Å². The summed E-state index contributed by atoms with van der Waals surface area (Å²) in [5.41, 5.74) is 0.975. The molecule has 26 heavy (non-hydrogen) atoms. The molecule has 7 nitrogen and oxygen atoms in total. The van der Waals surface area contributed by atoms with Crippen LogP contribution in [-0.4, -0.2) is 62.0 Å². The van der Waals surface area contributed by atoms with Gasteiger partial charge >= 0.3 is 0 Å². The van der Waals surface area contributed by atoms with Gasteiger partial charge < -0.3 is 19.9 Å². The Morgan fingerprint density at radius 1 is 1.46 bits per heavy atom. The number of halogens is 1. The van der Waals surface area contributed by atoms with Crippen LogP contribution in [0.5, 0.6) is 0 Å².